The van der Waals surface area contributed by atoms with Crippen LogP contribution in [0.1, 0.15) is 16.7 Å². The third-order valence-electron chi connectivity index (χ3n) is 2.98. The quantitative estimate of drug-likeness (QED) is 0.688. The summed E-state index contributed by atoms with van der Waals surface area (Å²) in [5.41, 5.74) is 1.88. The summed E-state index contributed by atoms with van der Waals surface area (Å²) in [6.45, 7) is 2.10. The lowest BCUT2D eigenvalue weighted by atomic mass is 10.1. The van der Waals surface area contributed by atoms with Crippen LogP contribution in [0.25, 0.3) is 0 Å². The van der Waals surface area contributed by atoms with Crippen LogP contribution < -0.4 is 5.32 Å². The molecule has 106 valence electrons. The summed E-state index contributed by atoms with van der Waals surface area (Å²) in [4.78, 5) is 10.5. The predicted octanol–water partition coefficient (Wildman–Crippen LogP) is 3.53. The molecule has 0 aromatic heterocycles. The summed E-state index contributed by atoms with van der Waals surface area (Å²) >= 11 is 0. The van der Waals surface area contributed by atoms with Gasteiger partial charge in [0.05, 0.1) is 10.5 Å². The van der Waals surface area contributed by atoms with Crippen LogP contribution in [0.15, 0.2) is 36.4 Å². The smallest absolute Gasteiger partial charge is 0.292 e. The summed E-state index contributed by atoms with van der Waals surface area (Å²) in [6, 6.07) is 10.7. The van der Waals surface area contributed by atoms with E-state index in [0.717, 1.165) is 5.56 Å². The van der Waals surface area contributed by atoms with Crippen LogP contribution >= 0.6 is 0 Å². The van der Waals surface area contributed by atoms with Gasteiger partial charge in [-0.1, -0.05) is 12.1 Å². The molecule has 0 spiro atoms. The molecule has 0 unspecified atom stereocenters. The van der Waals surface area contributed by atoms with Gasteiger partial charge in [-0.15, -0.1) is 0 Å². The number of nitrogens with zero attached hydrogens (tertiary/aromatic N) is 2. The molecule has 2 aromatic rings. The van der Waals surface area contributed by atoms with E-state index < -0.39 is 10.7 Å². The minimum Gasteiger partial charge on any atom is -0.375 e. The zero-order valence-electron chi connectivity index (χ0n) is 11.3. The first kappa shape index (κ1) is 14.5. The normalized spacial score (nSPS) is 9.95. The Labute approximate surface area is 120 Å². The van der Waals surface area contributed by atoms with Crippen molar-refractivity contribution >= 4 is 11.4 Å². The van der Waals surface area contributed by atoms with E-state index in [1.807, 2.05) is 6.92 Å². The molecular formula is C15H12FN3O2. The first-order valence-corrected chi connectivity index (χ1v) is 6.18. The second kappa shape index (κ2) is 6.01. The van der Waals surface area contributed by atoms with Crippen molar-refractivity contribution in [3.8, 4) is 6.07 Å². The standard InChI is InChI=1S/C15H12FN3O2/c1-10-2-5-15(19(20)21)14(6-10)18-9-11-3-4-13(16)12(7-11)8-17/h2-7,18H,9H2,1H3. The fraction of sp³-hybridized carbons (Fsp3) is 0.133. The van der Waals surface area contributed by atoms with Gasteiger partial charge in [-0.25, -0.2) is 4.39 Å². The van der Waals surface area contributed by atoms with Gasteiger partial charge in [-0.2, -0.15) is 5.26 Å². The third kappa shape index (κ3) is 3.34. The molecule has 0 aliphatic rings. The number of halogens is 1. The van der Waals surface area contributed by atoms with Gasteiger partial charge in [-0.05, 0) is 36.2 Å². The number of nitrogens with one attached hydrogen (secondary N) is 1. The van der Waals surface area contributed by atoms with Crippen LogP contribution in [-0.4, -0.2) is 4.92 Å². The van der Waals surface area contributed by atoms with Crippen LogP contribution in [0.2, 0.25) is 0 Å². The van der Waals surface area contributed by atoms with Gasteiger partial charge in [0.25, 0.3) is 5.69 Å². The highest BCUT2D eigenvalue weighted by molar-refractivity contribution is 5.62. The van der Waals surface area contributed by atoms with E-state index in [1.165, 1.54) is 24.3 Å². The molecule has 0 amide bonds. The van der Waals surface area contributed by atoms with Crippen molar-refractivity contribution in [1.29, 1.82) is 5.26 Å². The average molecular weight is 285 g/mol. The van der Waals surface area contributed by atoms with Gasteiger partial charge in [0, 0.05) is 12.6 Å². The Hall–Kier alpha value is -2.94. The molecule has 2 aromatic carbocycles. The van der Waals surface area contributed by atoms with Gasteiger partial charge < -0.3 is 5.32 Å². The fourth-order valence-corrected chi connectivity index (χ4v) is 1.92. The molecule has 0 bridgehead atoms. The summed E-state index contributed by atoms with van der Waals surface area (Å²) < 4.78 is 13.2. The number of anilines is 1. The lowest BCUT2D eigenvalue weighted by Gasteiger charge is -2.08. The Balaban J connectivity index is 2.22. The predicted molar refractivity (Wildman–Crippen MR) is 76.3 cm³/mol. The Morgan fingerprint density at radius 2 is 2.10 bits per heavy atom. The van der Waals surface area contributed by atoms with Crippen molar-refractivity contribution < 1.29 is 9.31 Å². The molecule has 0 heterocycles. The van der Waals surface area contributed by atoms with Crippen LogP contribution in [0.4, 0.5) is 15.8 Å². The lowest BCUT2D eigenvalue weighted by molar-refractivity contribution is -0.384. The summed E-state index contributed by atoms with van der Waals surface area (Å²) in [5, 5.41) is 22.7. The van der Waals surface area contributed by atoms with E-state index in [9.17, 15) is 14.5 Å². The highest BCUT2D eigenvalue weighted by atomic mass is 19.1. The number of nitriles is 1. The van der Waals surface area contributed by atoms with Crippen LogP contribution in [0.3, 0.4) is 0 Å². The molecule has 0 saturated heterocycles. The Morgan fingerprint density at radius 3 is 2.76 bits per heavy atom. The molecule has 0 atom stereocenters. The molecule has 0 aliphatic carbocycles. The summed E-state index contributed by atoms with van der Waals surface area (Å²) in [5.74, 6) is -0.581. The number of hydrogen-bond acceptors (Lipinski definition) is 4. The van der Waals surface area contributed by atoms with E-state index in [1.54, 1.807) is 18.2 Å². The minimum absolute atomic E-state index is 0.0248. The molecule has 21 heavy (non-hydrogen) atoms. The van der Waals surface area contributed by atoms with Crippen LogP contribution in [0.5, 0.6) is 0 Å². The second-order valence-corrected chi connectivity index (χ2v) is 4.56. The number of rotatable bonds is 4. The zero-order valence-corrected chi connectivity index (χ0v) is 11.3. The van der Waals surface area contributed by atoms with Crippen LogP contribution in [-0.2, 0) is 6.54 Å². The van der Waals surface area contributed by atoms with Crippen molar-refractivity contribution in [3.63, 3.8) is 0 Å². The lowest BCUT2D eigenvalue weighted by Crippen LogP contribution is -2.03. The number of benzene rings is 2. The van der Waals surface area contributed by atoms with E-state index in [4.69, 9.17) is 5.26 Å². The molecule has 6 heteroatoms. The van der Waals surface area contributed by atoms with Gasteiger partial charge >= 0.3 is 0 Å². The number of nitro groups is 1. The molecule has 0 aliphatic heterocycles. The highest BCUT2D eigenvalue weighted by Crippen LogP contribution is 2.25. The zero-order chi connectivity index (χ0) is 15.4. The van der Waals surface area contributed by atoms with Gasteiger partial charge in [0.15, 0.2) is 0 Å². The summed E-state index contributed by atoms with van der Waals surface area (Å²) in [6.07, 6.45) is 0. The van der Waals surface area contributed by atoms with E-state index in [0.29, 0.717) is 11.3 Å². The Kier molecular flexibility index (Phi) is 4.14. The first-order chi connectivity index (χ1) is 10.0. The van der Waals surface area contributed by atoms with E-state index in [2.05, 4.69) is 5.32 Å². The van der Waals surface area contributed by atoms with E-state index >= 15 is 0 Å². The second-order valence-electron chi connectivity index (χ2n) is 4.56. The molecule has 1 N–H and O–H groups in total. The molecular weight excluding hydrogens is 273 g/mol. The molecule has 2 rings (SSSR count). The van der Waals surface area contributed by atoms with Crippen molar-refractivity contribution in [2.75, 3.05) is 5.32 Å². The van der Waals surface area contributed by atoms with Crippen molar-refractivity contribution in [3.05, 3.63) is 69.0 Å². The molecule has 0 saturated carbocycles. The largest absolute Gasteiger partial charge is 0.375 e. The SMILES string of the molecule is Cc1ccc([N+](=O)[O-])c(NCc2ccc(F)c(C#N)c2)c1. The number of aryl methyl sites for hydroxylation is 1. The first-order valence-electron chi connectivity index (χ1n) is 6.18. The third-order valence-corrected chi connectivity index (χ3v) is 2.98. The molecule has 0 radical (unpaired) electrons. The number of hydrogen-bond donors (Lipinski definition) is 1. The Morgan fingerprint density at radius 1 is 1.33 bits per heavy atom. The summed E-state index contributed by atoms with van der Waals surface area (Å²) in [7, 11) is 0. The van der Waals surface area contributed by atoms with Crippen molar-refractivity contribution in [2.45, 2.75) is 13.5 Å². The molecule has 0 fully saturated rings. The maximum Gasteiger partial charge on any atom is 0.292 e. The maximum atomic E-state index is 13.2. The van der Waals surface area contributed by atoms with Crippen LogP contribution in [0, 0.1) is 34.2 Å². The maximum absolute atomic E-state index is 13.2. The minimum atomic E-state index is -0.581. The van der Waals surface area contributed by atoms with Gasteiger partial charge in [-0.3, -0.25) is 10.1 Å². The van der Waals surface area contributed by atoms with Gasteiger partial charge in [0.1, 0.15) is 17.6 Å². The average Bonchev–Trinajstić information content (AvgIpc) is 2.46. The fourth-order valence-electron chi connectivity index (χ4n) is 1.92. The van der Waals surface area contributed by atoms with Crippen molar-refractivity contribution in [2.24, 2.45) is 0 Å². The van der Waals surface area contributed by atoms with Crippen molar-refractivity contribution in [1.82, 2.24) is 0 Å². The highest BCUT2D eigenvalue weighted by Gasteiger charge is 2.13. The van der Waals surface area contributed by atoms with E-state index in [-0.39, 0.29) is 17.8 Å². The Bertz CT molecular complexity index is 738. The topological polar surface area (TPSA) is 79.0 Å². The molecule has 5 nitrogen and oxygen atoms in total. The van der Waals surface area contributed by atoms with Gasteiger partial charge in [0.2, 0.25) is 0 Å². The monoisotopic (exact) mass is 285 g/mol. The number of nitro benzene ring substituents is 1.